The molecule has 3 aliphatic rings. The highest BCUT2D eigenvalue weighted by Gasteiger charge is 2.45. The Morgan fingerprint density at radius 2 is 2.06 bits per heavy atom. The second kappa shape index (κ2) is 8.19. The highest BCUT2D eigenvalue weighted by Crippen LogP contribution is 2.42. The van der Waals surface area contributed by atoms with Crippen LogP contribution in [0.15, 0.2) is 36.5 Å². The summed E-state index contributed by atoms with van der Waals surface area (Å²) in [6.07, 6.45) is 3.86. The Labute approximate surface area is 188 Å². The number of hydrogen-bond donors (Lipinski definition) is 1. The molecule has 1 spiro atoms. The molecular formula is C25H28N4O3. The van der Waals surface area contributed by atoms with Crippen molar-refractivity contribution in [2.75, 3.05) is 37.6 Å². The van der Waals surface area contributed by atoms with Gasteiger partial charge in [0.05, 0.1) is 17.2 Å². The van der Waals surface area contributed by atoms with Gasteiger partial charge < -0.3 is 19.6 Å². The second-order valence-electron chi connectivity index (χ2n) is 9.53. The lowest BCUT2D eigenvalue weighted by atomic mass is 9.72. The molecule has 2 unspecified atom stereocenters. The zero-order valence-corrected chi connectivity index (χ0v) is 18.3. The predicted molar refractivity (Wildman–Crippen MR) is 119 cm³/mol. The van der Waals surface area contributed by atoms with Crippen molar-refractivity contribution in [1.82, 2.24) is 9.88 Å². The molecule has 7 heteroatoms. The van der Waals surface area contributed by atoms with E-state index in [0.29, 0.717) is 29.5 Å². The van der Waals surface area contributed by atoms with Crippen LogP contribution in [-0.4, -0.2) is 59.8 Å². The summed E-state index contributed by atoms with van der Waals surface area (Å²) < 4.78 is 5.29. The van der Waals surface area contributed by atoms with Crippen LogP contribution in [0, 0.1) is 16.7 Å². The lowest BCUT2D eigenvalue weighted by Crippen LogP contribution is -2.60. The van der Waals surface area contributed by atoms with Crippen molar-refractivity contribution in [3.05, 3.63) is 58.8 Å². The first-order valence-corrected chi connectivity index (χ1v) is 11.3. The molecule has 1 aromatic heterocycles. The third-order valence-electron chi connectivity index (χ3n) is 7.15. The SMILES string of the molecule is CC1Cc2cc(C(O)CN3CCC4(CC3)CN(c3ccc(C#N)cn3)C4)ccc2C(=O)O1. The molecule has 1 N–H and O–H groups in total. The first-order valence-electron chi connectivity index (χ1n) is 11.3. The largest absolute Gasteiger partial charge is 0.459 e. The molecule has 0 radical (unpaired) electrons. The Morgan fingerprint density at radius 1 is 1.28 bits per heavy atom. The number of benzene rings is 1. The number of rotatable bonds is 4. The zero-order chi connectivity index (χ0) is 22.3. The first kappa shape index (κ1) is 20.9. The molecule has 0 aliphatic carbocycles. The molecular weight excluding hydrogens is 404 g/mol. The third kappa shape index (κ3) is 3.96. The normalized spacial score (nSPS) is 23.1. The Kier molecular flexibility index (Phi) is 5.36. The van der Waals surface area contributed by atoms with E-state index in [4.69, 9.17) is 10.00 Å². The fraction of sp³-hybridized carbons (Fsp3) is 0.480. The molecule has 2 aromatic rings. The van der Waals surface area contributed by atoms with E-state index in [-0.39, 0.29) is 12.1 Å². The van der Waals surface area contributed by atoms with Gasteiger partial charge in [-0.3, -0.25) is 0 Å². The van der Waals surface area contributed by atoms with Crippen LogP contribution in [0.5, 0.6) is 0 Å². The topological polar surface area (TPSA) is 89.7 Å². The zero-order valence-electron chi connectivity index (χ0n) is 18.3. The van der Waals surface area contributed by atoms with Gasteiger partial charge in [0.1, 0.15) is 18.0 Å². The van der Waals surface area contributed by atoms with E-state index in [2.05, 4.69) is 20.9 Å². The second-order valence-corrected chi connectivity index (χ2v) is 9.53. The lowest BCUT2D eigenvalue weighted by Gasteiger charge is -2.54. The van der Waals surface area contributed by atoms with Gasteiger partial charge in [-0.15, -0.1) is 0 Å². The lowest BCUT2D eigenvalue weighted by molar-refractivity contribution is 0.0299. The average Bonchev–Trinajstić information content (AvgIpc) is 2.78. The number of carbonyl (C=O) groups is 1. The molecule has 2 fully saturated rings. The number of ether oxygens (including phenoxy) is 1. The van der Waals surface area contributed by atoms with Gasteiger partial charge in [0.2, 0.25) is 0 Å². The van der Waals surface area contributed by atoms with E-state index < -0.39 is 6.10 Å². The summed E-state index contributed by atoms with van der Waals surface area (Å²) in [6, 6.07) is 11.5. The van der Waals surface area contributed by atoms with Gasteiger partial charge >= 0.3 is 5.97 Å². The number of hydrogen-bond acceptors (Lipinski definition) is 7. The van der Waals surface area contributed by atoms with Crippen molar-refractivity contribution >= 4 is 11.8 Å². The fourth-order valence-electron chi connectivity index (χ4n) is 5.23. The summed E-state index contributed by atoms with van der Waals surface area (Å²) in [7, 11) is 0. The number of nitriles is 1. The fourth-order valence-corrected chi connectivity index (χ4v) is 5.23. The van der Waals surface area contributed by atoms with Crippen molar-refractivity contribution in [2.24, 2.45) is 5.41 Å². The van der Waals surface area contributed by atoms with Gasteiger partial charge in [0, 0.05) is 37.7 Å². The van der Waals surface area contributed by atoms with Gasteiger partial charge in [0.15, 0.2) is 0 Å². The molecule has 0 amide bonds. The van der Waals surface area contributed by atoms with E-state index in [1.165, 1.54) is 0 Å². The van der Waals surface area contributed by atoms with Crippen molar-refractivity contribution in [1.29, 1.82) is 5.26 Å². The van der Waals surface area contributed by atoms with Crippen molar-refractivity contribution in [2.45, 2.75) is 38.4 Å². The monoisotopic (exact) mass is 432 g/mol. The maximum absolute atomic E-state index is 12.0. The molecule has 1 aromatic carbocycles. The molecule has 5 rings (SSSR count). The average molecular weight is 433 g/mol. The van der Waals surface area contributed by atoms with Gasteiger partial charge in [-0.1, -0.05) is 12.1 Å². The minimum absolute atomic E-state index is 0.123. The summed E-state index contributed by atoms with van der Waals surface area (Å²) in [5.74, 6) is 0.671. The Bertz CT molecular complexity index is 1050. The first-order chi connectivity index (χ1) is 15.4. The number of anilines is 1. The van der Waals surface area contributed by atoms with Gasteiger partial charge in [-0.25, -0.2) is 9.78 Å². The number of fused-ring (bicyclic) bond motifs is 1. The number of nitrogens with zero attached hydrogens (tertiary/aromatic N) is 4. The van der Waals surface area contributed by atoms with Crippen LogP contribution in [-0.2, 0) is 11.2 Å². The Morgan fingerprint density at radius 3 is 2.75 bits per heavy atom. The number of pyridine rings is 1. The minimum Gasteiger partial charge on any atom is -0.459 e. The molecule has 0 bridgehead atoms. The summed E-state index contributed by atoms with van der Waals surface area (Å²) >= 11 is 0. The van der Waals surface area contributed by atoms with Gasteiger partial charge in [-0.2, -0.15) is 5.26 Å². The number of carbonyl (C=O) groups excluding carboxylic acids is 1. The Balaban J connectivity index is 1.14. The highest BCUT2D eigenvalue weighted by molar-refractivity contribution is 5.92. The molecule has 0 saturated carbocycles. The molecule has 4 heterocycles. The highest BCUT2D eigenvalue weighted by atomic mass is 16.5. The van der Waals surface area contributed by atoms with Crippen molar-refractivity contribution < 1.29 is 14.6 Å². The molecule has 2 atom stereocenters. The van der Waals surface area contributed by atoms with Crippen LogP contribution in [0.1, 0.15) is 52.9 Å². The quantitative estimate of drug-likeness (QED) is 0.743. The molecule has 3 aliphatic heterocycles. The number of aromatic nitrogens is 1. The Hall–Kier alpha value is -2.95. The number of cyclic esters (lactones) is 1. The molecule has 7 nitrogen and oxygen atoms in total. The van der Waals surface area contributed by atoms with Crippen LogP contribution in [0.3, 0.4) is 0 Å². The van der Waals surface area contributed by atoms with Crippen LogP contribution in [0.25, 0.3) is 0 Å². The van der Waals surface area contributed by atoms with Gasteiger partial charge in [0.25, 0.3) is 0 Å². The molecule has 32 heavy (non-hydrogen) atoms. The predicted octanol–water partition coefficient (Wildman–Crippen LogP) is 2.69. The van der Waals surface area contributed by atoms with E-state index in [9.17, 15) is 9.90 Å². The maximum atomic E-state index is 12.0. The van der Waals surface area contributed by atoms with Crippen LogP contribution < -0.4 is 4.90 Å². The van der Waals surface area contributed by atoms with Crippen molar-refractivity contribution in [3.8, 4) is 6.07 Å². The summed E-state index contributed by atoms with van der Waals surface area (Å²) in [5.41, 5.74) is 3.37. The number of aliphatic hydroxyl groups is 1. The molecule has 166 valence electrons. The smallest absolute Gasteiger partial charge is 0.338 e. The van der Waals surface area contributed by atoms with E-state index in [1.807, 2.05) is 31.2 Å². The molecule has 2 saturated heterocycles. The van der Waals surface area contributed by atoms with Crippen LogP contribution in [0.2, 0.25) is 0 Å². The minimum atomic E-state index is -0.566. The number of esters is 1. The van der Waals surface area contributed by atoms with E-state index in [0.717, 1.165) is 56.0 Å². The van der Waals surface area contributed by atoms with E-state index >= 15 is 0 Å². The number of piperidine rings is 1. The maximum Gasteiger partial charge on any atom is 0.338 e. The third-order valence-corrected chi connectivity index (χ3v) is 7.15. The summed E-state index contributed by atoms with van der Waals surface area (Å²) in [5, 5.41) is 19.8. The van der Waals surface area contributed by atoms with Crippen LogP contribution in [0.4, 0.5) is 5.82 Å². The van der Waals surface area contributed by atoms with Crippen molar-refractivity contribution in [3.63, 3.8) is 0 Å². The van der Waals surface area contributed by atoms with E-state index in [1.54, 1.807) is 12.3 Å². The number of likely N-dealkylation sites (tertiary alicyclic amines) is 1. The van der Waals surface area contributed by atoms with Crippen LogP contribution >= 0.6 is 0 Å². The standard InChI is InChI=1S/C25H28N4O3/c1-17-10-20-11-19(3-4-21(20)24(31)32-17)22(30)14-28-8-6-25(7-9-28)15-29(16-25)23-5-2-18(12-26)13-27-23/h2-5,11,13,17,22,30H,6-10,14-16H2,1H3. The summed E-state index contributed by atoms with van der Waals surface area (Å²) in [4.78, 5) is 21.1. The number of β-amino-alcohol motifs (C(OH)–C–C–N with tert-alkyl or cyclic N) is 1. The number of aliphatic hydroxyl groups excluding tert-OH is 1. The summed E-state index contributed by atoms with van der Waals surface area (Å²) in [6.45, 7) is 6.45. The van der Waals surface area contributed by atoms with Gasteiger partial charge in [-0.05, 0) is 62.2 Å².